The van der Waals surface area contributed by atoms with Gasteiger partial charge in [0, 0.05) is 41.1 Å². The van der Waals surface area contributed by atoms with E-state index in [9.17, 15) is 27.6 Å². The third-order valence-electron chi connectivity index (χ3n) is 12.6. The number of sulfonamides is 1. The summed E-state index contributed by atoms with van der Waals surface area (Å²) < 4.78 is 40.4. The molecule has 4 aromatic rings. The molecule has 1 saturated heterocycles. The number of fused-ring (bicyclic) bond motifs is 1. The van der Waals surface area contributed by atoms with Gasteiger partial charge < -0.3 is 25.0 Å². The standard InChI is InChI=1S/C46H60N8O8S2/c1-8-9-10-11-12-33(51-42(55)35-22-47-27(5)21-48-35)46(58)54-23-29(19-37(54)43(56)50-32-17-13-26(4)40(32)44(57)53-64(59,60)30-14-15-30)62-39-20-34(45-52-36(24-63-45)25(2)3)49-41-28(6)38(61-7)18-16-31(39)41/h16,18,20-22,24-26,29-30,32-33,37,40H,8-15,17,19,23H2,1-7H3,(H,50,56)(H,51,55)(H,53,57)/t26-,29-,32?,33+,37+,40?/m1/s1. The second kappa shape index (κ2) is 19.9. The Balaban J connectivity index is 1.21. The first-order valence-corrected chi connectivity index (χ1v) is 24.9. The van der Waals surface area contributed by atoms with Gasteiger partial charge in [0.1, 0.15) is 46.1 Å². The van der Waals surface area contributed by atoms with Gasteiger partial charge in [0.05, 0.1) is 47.9 Å². The van der Waals surface area contributed by atoms with Crippen molar-refractivity contribution in [3.63, 3.8) is 0 Å². The zero-order chi connectivity index (χ0) is 45.9. The maximum absolute atomic E-state index is 14.9. The largest absolute Gasteiger partial charge is 0.496 e. The summed E-state index contributed by atoms with van der Waals surface area (Å²) in [6.07, 6.45) is 8.05. The first-order valence-electron chi connectivity index (χ1n) is 22.4. The lowest BCUT2D eigenvalue weighted by atomic mass is 9.94. The number of aryl methyl sites for hydroxylation is 2. The Labute approximate surface area is 379 Å². The highest BCUT2D eigenvalue weighted by molar-refractivity contribution is 7.90. The van der Waals surface area contributed by atoms with Crippen LogP contribution in [0, 0.1) is 25.7 Å². The number of unbranched alkanes of at least 4 members (excludes halogenated alkanes) is 3. The summed E-state index contributed by atoms with van der Waals surface area (Å²) >= 11 is 1.49. The van der Waals surface area contributed by atoms with E-state index in [-0.39, 0.29) is 30.5 Å². The van der Waals surface area contributed by atoms with E-state index in [2.05, 4.69) is 46.1 Å². The van der Waals surface area contributed by atoms with Crippen molar-refractivity contribution in [2.75, 3.05) is 13.7 Å². The molecule has 344 valence electrons. The number of aromatic nitrogens is 4. The third-order valence-corrected chi connectivity index (χ3v) is 15.3. The Morgan fingerprint density at radius 2 is 1.75 bits per heavy atom. The average molecular weight is 917 g/mol. The van der Waals surface area contributed by atoms with E-state index in [0.717, 1.165) is 30.5 Å². The topological polar surface area (TPSA) is 212 Å². The van der Waals surface area contributed by atoms with Crippen LogP contribution in [-0.4, -0.2) is 100 Å². The number of hydrogen-bond donors (Lipinski definition) is 3. The highest BCUT2D eigenvalue weighted by atomic mass is 32.2. The lowest BCUT2D eigenvalue weighted by Crippen LogP contribution is -2.56. The zero-order valence-corrected chi connectivity index (χ0v) is 39.3. The van der Waals surface area contributed by atoms with Crippen molar-refractivity contribution < 1.29 is 37.1 Å². The van der Waals surface area contributed by atoms with Crippen molar-refractivity contribution in [1.82, 2.24) is 40.2 Å². The highest BCUT2D eigenvalue weighted by Crippen LogP contribution is 2.39. The fourth-order valence-corrected chi connectivity index (χ4v) is 11.0. The number of thiazole rings is 1. The van der Waals surface area contributed by atoms with Crippen LogP contribution in [0.25, 0.3) is 21.6 Å². The molecule has 2 aliphatic carbocycles. The Morgan fingerprint density at radius 3 is 2.42 bits per heavy atom. The van der Waals surface area contributed by atoms with Gasteiger partial charge in [-0.3, -0.25) is 28.9 Å². The normalized spacial score (nSPS) is 21.5. The molecule has 16 nitrogen and oxygen atoms in total. The summed E-state index contributed by atoms with van der Waals surface area (Å²) in [5.74, 6) is -1.77. The first kappa shape index (κ1) is 46.8. The van der Waals surface area contributed by atoms with Gasteiger partial charge in [-0.2, -0.15) is 0 Å². The molecule has 1 aliphatic heterocycles. The van der Waals surface area contributed by atoms with Gasteiger partial charge in [0.2, 0.25) is 27.7 Å². The molecule has 2 unspecified atom stereocenters. The van der Waals surface area contributed by atoms with Crippen molar-refractivity contribution in [2.24, 2.45) is 11.8 Å². The fraction of sp³-hybridized carbons (Fsp3) is 0.565. The second-order valence-corrected chi connectivity index (χ2v) is 20.7. The summed E-state index contributed by atoms with van der Waals surface area (Å²) in [6.45, 7) is 11.8. The molecule has 1 aromatic carbocycles. The SMILES string of the molecule is CCCCCC[C@H](NC(=O)c1cnc(C)cn1)C(=O)N1C[C@H](Oc2cc(-c3nc(C(C)C)cs3)nc3c(C)c(OC)ccc23)C[C@H]1C(=O)NC1CC[C@@H](C)C1C(=O)NS(=O)(=O)C1CC1. The minimum Gasteiger partial charge on any atom is -0.496 e. The van der Waals surface area contributed by atoms with Crippen molar-refractivity contribution in [1.29, 1.82) is 0 Å². The molecule has 18 heteroatoms. The van der Waals surface area contributed by atoms with Crippen LogP contribution in [0.15, 0.2) is 36.0 Å². The molecule has 2 saturated carbocycles. The molecule has 3 fully saturated rings. The Kier molecular flexibility index (Phi) is 14.5. The van der Waals surface area contributed by atoms with Crippen LogP contribution in [0.1, 0.15) is 125 Å². The first-order chi connectivity index (χ1) is 30.6. The Hall–Kier alpha value is -5.23. The van der Waals surface area contributed by atoms with Crippen LogP contribution in [0.5, 0.6) is 11.5 Å². The molecule has 0 spiro atoms. The molecule has 6 atom stereocenters. The van der Waals surface area contributed by atoms with Crippen molar-refractivity contribution in [3.8, 4) is 22.2 Å². The van der Waals surface area contributed by atoms with Gasteiger partial charge in [-0.15, -0.1) is 11.3 Å². The number of ether oxygens (including phenoxy) is 2. The number of methoxy groups -OCH3 is 1. The lowest BCUT2D eigenvalue weighted by molar-refractivity contribution is -0.140. The van der Waals surface area contributed by atoms with Crippen LogP contribution in [0.2, 0.25) is 0 Å². The monoisotopic (exact) mass is 916 g/mol. The van der Waals surface area contributed by atoms with E-state index in [1.807, 2.05) is 37.4 Å². The number of benzene rings is 1. The summed E-state index contributed by atoms with van der Waals surface area (Å²) in [4.78, 5) is 76.6. The van der Waals surface area contributed by atoms with Gasteiger partial charge in [0.25, 0.3) is 5.91 Å². The van der Waals surface area contributed by atoms with E-state index >= 15 is 0 Å². The van der Waals surface area contributed by atoms with Gasteiger partial charge in [0.15, 0.2) is 0 Å². The Morgan fingerprint density at radius 1 is 0.969 bits per heavy atom. The van der Waals surface area contributed by atoms with Crippen molar-refractivity contribution >= 4 is 55.9 Å². The number of hydrogen-bond acceptors (Lipinski definition) is 13. The van der Waals surface area contributed by atoms with E-state index in [0.29, 0.717) is 77.3 Å². The number of carbonyl (C=O) groups is 4. The maximum atomic E-state index is 14.9. The summed E-state index contributed by atoms with van der Waals surface area (Å²) in [5.41, 5.74) is 3.71. The number of pyridine rings is 1. The van der Waals surface area contributed by atoms with Gasteiger partial charge in [-0.25, -0.2) is 23.4 Å². The molecular weight excluding hydrogens is 857 g/mol. The maximum Gasteiger partial charge on any atom is 0.272 e. The second-order valence-electron chi connectivity index (χ2n) is 17.8. The van der Waals surface area contributed by atoms with Crippen molar-refractivity contribution in [3.05, 3.63) is 58.6 Å². The highest BCUT2D eigenvalue weighted by Gasteiger charge is 2.47. The van der Waals surface area contributed by atoms with E-state index in [1.54, 1.807) is 14.0 Å². The van der Waals surface area contributed by atoms with Gasteiger partial charge >= 0.3 is 0 Å². The van der Waals surface area contributed by atoms with Gasteiger partial charge in [-0.1, -0.05) is 53.4 Å². The molecule has 3 N–H and O–H groups in total. The van der Waals surface area contributed by atoms with Crippen LogP contribution in [-0.2, 0) is 24.4 Å². The fourth-order valence-electron chi connectivity index (χ4n) is 8.76. The zero-order valence-electron chi connectivity index (χ0n) is 37.7. The van der Waals surface area contributed by atoms with Gasteiger partial charge in [-0.05, 0) is 69.9 Å². The molecule has 64 heavy (non-hydrogen) atoms. The summed E-state index contributed by atoms with van der Waals surface area (Å²) in [7, 11) is -2.21. The minimum atomic E-state index is -3.81. The molecule has 0 bridgehead atoms. The molecule has 3 aromatic heterocycles. The summed E-state index contributed by atoms with van der Waals surface area (Å²) in [6, 6.07) is 2.85. The number of likely N-dealkylation sites (tertiary alicyclic amines) is 1. The molecule has 3 aliphatic rings. The number of carbonyl (C=O) groups excluding carboxylic acids is 4. The van der Waals surface area contributed by atoms with Crippen LogP contribution >= 0.6 is 11.3 Å². The van der Waals surface area contributed by atoms with Crippen LogP contribution in [0.4, 0.5) is 0 Å². The average Bonchev–Trinajstić information content (AvgIpc) is 3.69. The quantitative estimate of drug-likeness (QED) is 0.0960. The molecular formula is C46H60N8O8S2. The number of nitrogens with zero attached hydrogens (tertiary/aromatic N) is 5. The molecule has 4 heterocycles. The van der Waals surface area contributed by atoms with E-state index < -0.39 is 69.0 Å². The third kappa shape index (κ3) is 10.5. The van der Waals surface area contributed by atoms with E-state index in [4.69, 9.17) is 19.4 Å². The Bertz CT molecular complexity index is 2470. The number of nitrogens with one attached hydrogen (secondary N) is 3. The summed E-state index contributed by atoms with van der Waals surface area (Å²) in [5, 5.41) is 8.83. The van der Waals surface area contributed by atoms with E-state index in [1.165, 1.54) is 28.6 Å². The van der Waals surface area contributed by atoms with Crippen molar-refractivity contribution in [2.45, 2.75) is 141 Å². The van der Waals surface area contributed by atoms with Crippen LogP contribution in [0.3, 0.4) is 0 Å². The molecule has 7 rings (SSSR count). The number of rotatable bonds is 18. The van der Waals surface area contributed by atoms with Crippen LogP contribution < -0.4 is 24.8 Å². The predicted molar refractivity (Wildman–Crippen MR) is 243 cm³/mol. The number of amides is 4. The molecule has 0 radical (unpaired) electrons. The lowest BCUT2D eigenvalue weighted by Gasteiger charge is -2.30. The minimum absolute atomic E-state index is 0.0102. The molecule has 4 amide bonds. The predicted octanol–water partition coefficient (Wildman–Crippen LogP) is 6.15. The smallest absolute Gasteiger partial charge is 0.272 e.